The predicted octanol–water partition coefficient (Wildman–Crippen LogP) is 9.88. The summed E-state index contributed by atoms with van der Waals surface area (Å²) in [4.78, 5) is 14.6. The van der Waals surface area contributed by atoms with Crippen LogP contribution < -0.4 is 0 Å². The molecular weight excluding hydrogens is 458 g/mol. The van der Waals surface area contributed by atoms with E-state index in [1.54, 1.807) is 7.11 Å². The van der Waals surface area contributed by atoms with Gasteiger partial charge in [-0.25, -0.2) is 0 Å². The van der Waals surface area contributed by atoms with Crippen molar-refractivity contribution in [2.45, 2.75) is 168 Å². The Morgan fingerprint density at radius 2 is 0.811 bits per heavy atom. The molecule has 0 atom stereocenters. The second-order valence-electron chi connectivity index (χ2n) is 11.3. The number of ether oxygens (including phenoxy) is 2. The van der Waals surface area contributed by atoms with Crippen LogP contribution in [0.15, 0.2) is 0 Å². The average molecular weight is 526 g/mol. The van der Waals surface area contributed by atoms with Crippen molar-refractivity contribution in [3.63, 3.8) is 0 Å². The molecule has 0 unspecified atom stereocenters. The molecule has 0 N–H and O–H groups in total. The van der Waals surface area contributed by atoms with Crippen LogP contribution in [0.1, 0.15) is 168 Å². The Balaban J connectivity index is 3.87. The molecule has 0 bridgehead atoms. The number of carbonyl (C=O) groups excluding carboxylic acids is 1. The van der Waals surface area contributed by atoms with Crippen LogP contribution in [0.2, 0.25) is 0 Å². The van der Waals surface area contributed by atoms with Gasteiger partial charge in [-0.05, 0) is 25.9 Å². The number of hydrogen-bond acceptors (Lipinski definition) is 4. The first kappa shape index (κ1) is 36.4. The molecule has 0 radical (unpaired) electrons. The summed E-state index contributed by atoms with van der Waals surface area (Å²) < 4.78 is 10.3. The fourth-order valence-corrected chi connectivity index (χ4v) is 5.09. The topological polar surface area (TPSA) is 38.8 Å². The monoisotopic (exact) mass is 526 g/mol. The fourth-order valence-electron chi connectivity index (χ4n) is 5.09. The number of unbranched alkanes of at least 4 members (excludes halogenated alkanes) is 22. The maximum absolute atomic E-state index is 12.2. The fraction of sp³-hybridized carbons (Fsp3) is 0.970. The van der Waals surface area contributed by atoms with Crippen molar-refractivity contribution in [2.75, 3.05) is 40.0 Å². The van der Waals surface area contributed by atoms with E-state index < -0.39 is 0 Å². The zero-order chi connectivity index (χ0) is 27.1. The highest BCUT2D eigenvalue weighted by Crippen LogP contribution is 2.14. The van der Waals surface area contributed by atoms with E-state index in [9.17, 15) is 4.79 Å². The van der Waals surface area contributed by atoms with Crippen LogP contribution in [0.25, 0.3) is 0 Å². The molecule has 222 valence electrons. The molecule has 0 saturated carbocycles. The van der Waals surface area contributed by atoms with Crippen molar-refractivity contribution >= 4 is 5.97 Å². The van der Waals surface area contributed by atoms with E-state index in [0.29, 0.717) is 19.8 Å². The van der Waals surface area contributed by atoms with Crippen molar-refractivity contribution in [3.05, 3.63) is 0 Å². The molecule has 0 aliphatic rings. The summed E-state index contributed by atoms with van der Waals surface area (Å²) in [6.07, 6.45) is 32.8. The molecule has 4 heteroatoms. The molecule has 0 fully saturated rings. The molecule has 0 aliphatic heterocycles. The summed E-state index contributed by atoms with van der Waals surface area (Å²) in [6, 6.07) is 0. The quantitative estimate of drug-likeness (QED) is 0.0666. The van der Waals surface area contributed by atoms with Gasteiger partial charge in [0, 0.05) is 7.11 Å². The van der Waals surface area contributed by atoms with E-state index in [1.165, 1.54) is 154 Å². The van der Waals surface area contributed by atoms with Crippen LogP contribution in [0.3, 0.4) is 0 Å². The molecule has 0 aromatic heterocycles. The number of hydrogen-bond donors (Lipinski definition) is 0. The zero-order valence-corrected chi connectivity index (χ0v) is 25.7. The van der Waals surface area contributed by atoms with Crippen molar-refractivity contribution in [1.82, 2.24) is 4.90 Å². The highest BCUT2D eigenvalue weighted by molar-refractivity contribution is 5.71. The van der Waals surface area contributed by atoms with Gasteiger partial charge >= 0.3 is 5.97 Å². The van der Waals surface area contributed by atoms with Gasteiger partial charge in [0.2, 0.25) is 0 Å². The zero-order valence-electron chi connectivity index (χ0n) is 25.7. The largest absolute Gasteiger partial charge is 0.462 e. The standard InChI is InChI=1S/C33H67NO3/c1-4-6-8-10-12-14-16-18-20-22-24-26-28-34(32-33(35)37-31-30-36-3)29-27-25-23-21-19-17-15-13-11-9-7-5-2/h4-32H2,1-3H3. The Labute approximate surface area is 233 Å². The summed E-state index contributed by atoms with van der Waals surface area (Å²) >= 11 is 0. The van der Waals surface area contributed by atoms with E-state index >= 15 is 0 Å². The summed E-state index contributed by atoms with van der Waals surface area (Å²) in [5.41, 5.74) is 0. The molecule has 0 aliphatic carbocycles. The van der Waals surface area contributed by atoms with E-state index in [-0.39, 0.29) is 5.97 Å². The summed E-state index contributed by atoms with van der Waals surface area (Å²) in [6.45, 7) is 7.88. The van der Waals surface area contributed by atoms with Crippen molar-refractivity contribution < 1.29 is 14.3 Å². The number of esters is 1. The van der Waals surface area contributed by atoms with Gasteiger partial charge in [-0.15, -0.1) is 0 Å². The third-order valence-corrected chi connectivity index (χ3v) is 7.56. The van der Waals surface area contributed by atoms with Gasteiger partial charge in [0.25, 0.3) is 0 Å². The Kier molecular flexibility index (Phi) is 31.1. The number of rotatable bonds is 31. The van der Waals surface area contributed by atoms with Gasteiger partial charge in [-0.1, -0.05) is 155 Å². The molecule has 0 amide bonds. The average Bonchev–Trinajstić information content (AvgIpc) is 2.89. The smallest absolute Gasteiger partial charge is 0.320 e. The third kappa shape index (κ3) is 29.8. The van der Waals surface area contributed by atoms with Crippen LogP contribution in [0.4, 0.5) is 0 Å². The first-order valence-electron chi connectivity index (χ1n) is 16.6. The molecule has 0 rings (SSSR count). The van der Waals surface area contributed by atoms with Crippen molar-refractivity contribution in [1.29, 1.82) is 0 Å². The molecule has 0 saturated heterocycles. The lowest BCUT2D eigenvalue weighted by atomic mass is 10.0. The normalized spacial score (nSPS) is 11.5. The van der Waals surface area contributed by atoms with Crippen LogP contribution in [0.5, 0.6) is 0 Å². The van der Waals surface area contributed by atoms with Gasteiger partial charge in [0.05, 0.1) is 13.2 Å². The summed E-state index contributed by atoms with van der Waals surface area (Å²) in [5, 5.41) is 0. The Morgan fingerprint density at radius 1 is 0.486 bits per heavy atom. The minimum atomic E-state index is -0.102. The van der Waals surface area contributed by atoms with E-state index in [0.717, 1.165) is 13.1 Å². The highest BCUT2D eigenvalue weighted by Gasteiger charge is 2.11. The van der Waals surface area contributed by atoms with Gasteiger partial charge in [0.15, 0.2) is 0 Å². The summed E-state index contributed by atoms with van der Waals surface area (Å²) in [5.74, 6) is -0.102. The van der Waals surface area contributed by atoms with Crippen molar-refractivity contribution in [2.24, 2.45) is 0 Å². The van der Waals surface area contributed by atoms with E-state index in [4.69, 9.17) is 9.47 Å². The Morgan fingerprint density at radius 3 is 1.14 bits per heavy atom. The van der Waals surface area contributed by atoms with Crippen LogP contribution in [0, 0.1) is 0 Å². The SMILES string of the molecule is CCCCCCCCCCCCCCN(CCCCCCCCCCCCCC)CC(=O)OCCOC. The Bertz CT molecular complexity index is 415. The third-order valence-electron chi connectivity index (χ3n) is 7.56. The van der Waals surface area contributed by atoms with Gasteiger partial charge in [0.1, 0.15) is 6.61 Å². The maximum atomic E-state index is 12.2. The second-order valence-corrected chi connectivity index (χ2v) is 11.3. The minimum Gasteiger partial charge on any atom is -0.462 e. The number of nitrogens with zero attached hydrogens (tertiary/aromatic N) is 1. The Hall–Kier alpha value is -0.610. The van der Waals surface area contributed by atoms with Gasteiger partial charge in [-0.2, -0.15) is 0 Å². The van der Waals surface area contributed by atoms with Crippen LogP contribution in [-0.4, -0.2) is 50.8 Å². The molecule has 0 aromatic rings. The molecule has 37 heavy (non-hydrogen) atoms. The second kappa shape index (κ2) is 31.6. The first-order valence-corrected chi connectivity index (χ1v) is 16.6. The molecule has 4 nitrogen and oxygen atoms in total. The maximum Gasteiger partial charge on any atom is 0.320 e. The molecular formula is C33H67NO3. The van der Waals surface area contributed by atoms with Crippen LogP contribution >= 0.6 is 0 Å². The molecule has 0 spiro atoms. The number of carbonyl (C=O) groups is 1. The highest BCUT2D eigenvalue weighted by atomic mass is 16.6. The first-order chi connectivity index (χ1) is 18.2. The van der Waals surface area contributed by atoms with E-state index in [1.807, 2.05) is 0 Å². The van der Waals surface area contributed by atoms with E-state index in [2.05, 4.69) is 18.7 Å². The lowest BCUT2D eigenvalue weighted by Gasteiger charge is -2.21. The van der Waals surface area contributed by atoms with Crippen LogP contribution in [-0.2, 0) is 14.3 Å². The number of methoxy groups -OCH3 is 1. The lowest BCUT2D eigenvalue weighted by Crippen LogP contribution is -2.33. The molecule has 0 aromatic carbocycles. The van der Waals surface area contributed by atoms with Gasteiger partial charge in [-0.3, -0.25) is 9.69 Å². The van der Waals surface area contributed by atoms with Crippen molar-refractivity contribution in [3.8, 4) is 0 Å². The summed E-state index contributed by atoms with van der Waals surface area (Å²) in [7, 11) is 1.64. The van der Waals surface area contributed by atoms with Gasteiger partial charge < -0.3 is 9.47 Å². The minimum absolute atomic E-state index is 0.102. The lowest BCUT2D eigenvalue weighted by molar-refractivity contribution is -0.146. The predicted molar refractivity (Wildman–Crippen MR) is 161 cm³/mol. The molecule has 0 heterocycles.